The largest absolute Gasteiger partial charge is 0.508 e. The topological polar surface area (TPSA) is 96.3 Å². The number of Topliss-reactive ketones (excluding diaryl/α,β-unsaturated/α-hetero) is 1. The Kier molecular flexibility index (Phi) is 5.46. The number of phenols is 1. The first-order chi connectivity index (χ1) is 14.5. The summed E-state index contributed by atoms with van der Waals surface area (Å²) in [4.78, 5) is 27.3. The molecule has 30 heavy (non-hydrogen) atoms. The van der Waals surface area contributed by atoms with Gasteiger partial charge in [0, 0.05) is 18.7 Å². The third kappa shape index (κ3) is 3.64. The third-order valence-corrected chi connectivity index (χ3v) is 5.54. The number of ether oxygens (including phenoxy) is 2. The number of rotatable bonds is 5. The van der Waals surface area contributed by atoms with Gasteiger partial charge >= 0.3 is 0 Å². The highest BCUT2D eigenvalue weighted by Crippen LogP contribution is 2.40. The maximum absolute atomic E-state index is 13.0. The van der Waals surface area contributed by atoms with E-state index in [2.05, 4.69) is 0 Å². The molecule has 4 rings (SSSR count). The van der Waals surface area contributed by atoms with Crippen LogP contribution in [0, 0.1) is 0 Å². The molecule has 7 heteroatoms. The van der Waals surface area contributed by atoms with Crippen molar-refractivity contribution in [2.45, 2.75) is 25.0 Å². The molecule has 0 spiro atoms. The Morgan fingerprint density at radius 2 is 1.83 bits per heavy atom. The van der Waals surface area contributed by atoms with Gasteiger partial charge in [0.05, 0.1) is 24.8 Å². The minimum absolute atomic E-state index is 0.0221. The maximum Gasteiger partial charge on any atom is 0.295 e. The number of methoxy groups -OCH3 is 1. The van der Waals surface area contributed by atoms with Crippen LogP contribution in [0.25, 0.3) is 5.76 Å². The number of benzene rings is 2. The number of likely N-dealkylation sites (tertiary alicyclic amines) is 1. The molecule has 2 atom stereocenters. The number of nitrogens with zero attached hydrogens (tertiary/aromatic N) is 1. The fraction of sp³-hybridized carbons (Fsp3) is 0.304. The molecular formula is C23H23NO6. The predicted molar refractivity (Wildman–Crippen MR) is 109 cm³/mol. The molecule has 2 aromatic carbocycles. The van der Waals surface area contributed by atoms with Gasteiger partial charge in [-0.3, -0.25) is 9.59 Å². The van der Waals surface area contributed by atoms with Crippen molar-refractivity contribution in [1.29, 1.82) is 0 Å². The van der Waals surface area contributed by atoms with Gasteiger partial charge in [-0.05, 0) is 54.8 Å². The lowest BCUT2D eigenvalue weighted by Gasteiger charge is -2.27. The summed E-state index contributed by atoms with van der Waals surface area (Å²) in [6.07, 6.45) is 1.57. The first-order valence-corrected chi connectivity index (χ1v) is 9.83. The third-order valence-electron chi connectivity index (χ3n) is 5.54. The average Bonchev–Trinajstić information content (AvgIpc) is 3.36. The van der Waals surface area contributed by atoms with E-state index in [1.54, 1.807) is 36.4 Å². The highest BCUT2D eigenvalue weighted by atomic mass is 16.5. The van der Waals surface area contributed by atoms with Crippen molar-refractivity contribution < 1.29 is 29.3 Å². The van der Waals surface area contributed by atoms with Crippen LogP contribution in [0.3, 0.4) is 0 Å². The van der Waals surface area contributed by atoms with Crippen LogP contribution in [-0.2, 0) is 14.3 Å². The molecule has 0 unspecified atom stereocenters. The molecule has 156 valence electrons. The molecule has 2 heterocycles. The number of aliphatic hydroxyl groups is 1. The standard InChI is InChI=1S/C23H23NO6/c1-29-17-10-6-15(7-11-17)21(26)19-20(14-4-8-16(25)9-5-14)24(23(28)22(19)27)13-18-3-2-12-30-18/h4-11,18,20,25-26H,2-3,12-13H2,1H3/b21-19+/t18-,20+/m0/s1. The Morgan fingerprint density at radius 1 is 1.13 bits per heavy atom. The molecule has 2 aromatic rings. The first kappa shape index (κ1) is 20.0. The summed E-state index contributed by atoms with van der Waals surface area (Å²) in [5.41, 5.74) is 1.06. The SMILES string of the molecule is COc1ccc(/C(O)=C2\C(=O)C(=O)N(C[C@@H]3CCCO3)[C@@H]2c2ccc(O)cc2)cc1. The summed E-state index contributed by atoms with van der Waals surface area (Å²) in [5.74, 6) is -0.965. The minimum Gasteiger partial charge on any atom is -0.508 e. The summed E-state index contributed by atoms with van der Waals surface area (Å²) >= 11 is 0. The number of carbonyl (C=O) groups is 2. The van der Waals surface area contributed by atoms with Crippen LogP contribution >= 0.6 is 0 Å². The van der Waals surface area contributed by atoms with Gasteiger partial charge < -0.3 is 24.6 Å². The second kappa shape index (κ2) is 8.20. The Morgan fingerprint density at radius 3 is 2.43 bits per heavy atom. The lowest BCUT2D eigenvalue weighted by Crippen LogP contribution is -2.36. The molecule has 2 aliphatic heterocycles. The Bertz CT molecular complexity index is 974. The van der Waals surface area contributed by atoms with E-state index in [0.29, 0.717) is 23.5 Å². The Hall–Kier alpha value is -3.32. The number of ketones is 1. The first-order valence-electron chi connectivity index (χ1n) is 9.83. The van der Waals surface area contributed by atoms with Gasteiger partial charge in [-0.2, -0.15) is 0 Å². The number of aromatic hydroxyl groups is 1. The van der Waals surface area contributed by atoms with Gasteiger partial charge in [-0.25, -0.2) is 0 Å². The van der Waals surface area contributed by atoms with Crippen LogP contribution in [0.2, 0.25) is 0 Å². The van der Waals surface area contributed by atoms with Crippen molar-refractivity contribution in [3.63, 3.8) is 0 Å². The Labute approximate surface area is 174 Å². The predicted octanol–water partition coefficient (Wildman–Crippen LogP) is 3.00. The fourth-order valence-corrected chi connectivity index (χ4v) is 3.98. The van der Waals surface area contributed by atoms with Crippen LogP contribution in [0.15, 0.2) is 54.1 Å². The molecule has 0 aromatic heterocycles. The van der Waals surface area contributed by atoms with Gasteiger partial charge in [0.1, 0.15) is 17.3 Å². The molecule has 2 saturated heterocycles. The van der Waals surface area contributed by atoms with Crippen molar-refractivity contribution >= 4 is 17.4 Å². The summed E-state index contributed by atoms with van der Waals surface area (Å²) in [5, 5.41) is 20.7. The molecule has 2 aliphatic rings. The van der Waals surface area contributed by atoms with Crippen LogP contribution in [0.5, 0.6) is 11.5 Å². The van der Waals surface area contributed by atoms with E-state index in [9.17, 15) is 19.8 Å². The smallest absolute Gasteiger partial charge is 0.295 e. The molecule has 0 radical (unpaired) electrons. The zero-order chi connectivity index (χ0) is 21.3. The molecule has 0 bridgehead atoms. The molecule has 1 amide bonds. The average molecular weight is 409 g/mol. The van der Waals surface area contributed by atoms with Gasteiger partial charge in [-0.1, -0.05) is 12.1 Å². The van der Waals surface area contributed by atoms with Crippen LogP contribution in [0.4, 0.5) is 0 Å². The summed E-state index contributed by atoms with van der Waals surface area (Å²) in [7, 11) is 1.54. The van der Waals surface area contributed by atoms with Crippen molar-refractivity contribution in [1.82, 2.24) is 4.90 Å². The zero-order valence-electron chi connectivity index (χ0n) is 16.6. The number of amides is 1. The van der Waals surface area contributed by atoms with E-state index < -0.39 is 17.7 Å². The van der Waals surface area contributed by atoms with E-state index in [0.717, 1.165) is 12.8 Å². The normalized spacial score (nSPS) is 23.2. The minimum atomic E-state index is -0.767. The highest BCUT2D eigenvalue weighted by molar-refractivity contribution is 6.46. The van der Waals surface area contributed by atoms with E-state index in [1.807, 2.05) is 0 Å². The fourth-order valence-electron chi connectivity index (χ4n) is 3.98. The molecule has 0 aliphatic carbocycles. The Balaban J connectivity index is 1.80. The van der Waals surface area contributed by atoms with Crippen LogP contribution < -0.4 is 4.74 Å². The molecule has 7 nitrogen and oxygen atoms in total. The second-order valence-corrected chi connectivity index (χ2v) is 7.41. The van der Waals surface area contributed by atoms with Crippen molar-refractivity contribution in [2.75, 3.05) is 20.3 Å². The number of hydrogen-bond donors (Lipinski definition) is 2. The van der Waals surface area contributed by atoms with E-state index in [1.165, 1.54) is 24.1 Å². The summed E-state index contributed by atoms with van der Waals surface area (Å²) < 4.78 is 10.8. The molecule has 2 fully saturated rings. The van der Waals surface area contributed by atoms with Crippen LogP contribution in [-0.4, -0.2) is 53.2 Å². The van der Waals surface area contributed by atoms with E-state index in [4.69, 9.17) is 9.47 Å². The van der Waals surface area contributed by atoms with Gasteiger partial charge in [0.15, 0.2) is 0 Å². The number of carbonyl (C=O) groups excluding carboxylic acids is 2. The lowest BCUT2D eigenvalue weighted by atomic mass is 9.95. The van der Waals surface area contributed by atoms with Gasteiger partial charge in [-0.15, -0.1) is 0 Å². The second-order valence-electron chi connectivity index (χ2n) is 7.41. The maximum atomic E-state index is 13.0. The number of hydrogen-bond acceptors (Lipinski definition) is 6. The summed E-state index contributed by atoms with van der Waals surface area (Å²) in [6, 6.07) is 12.1. The van der Waals surface area contributed by atoms with E-state index >= 15 is 0 Å². The molecule has 2 N–H and O–H groups in total. The van der Waals surface area contributed by atoms with Gasteiger partial charge in [0.2, 0.25) is 0 Å². The lowest BCUT2D eigenvalue weighted by molar-refractivity contribution is -0.140. The number of phenolic OH excluding ortho intramolecular Hbond substituents is 1. The summed E-state index contributed by atoms with van der Waals surface area (Å²) in [6.45, 7) is 0.889. The molecule has 0 saturated carbocycles. The van der Waals surface area contributed by atoms with E-state index in [-0.39, 0.29) is 29.7 Å². The van der Waals surface area contributed by atoms with Gasteiger partial charge in [0.25, 0.3) is 11.7 Å². The zero-order valence-corrected chi connectivity index (χ0v) is 16.6. The quantitative estimate of drug-likeness (QED) is 0.448. The highest BCUT2D eigenvalue weighted by Gasteiger charge is 2.47. The molecular weight excluding hydrogens is 386 g/mol. The monoisotopic (exact) mass is 409 g/mol. The van der Waals surface area contributed by atoms with Crippen molar-refractivity contribution in [2.24, 2.45) is 0 Å². The van der Waals surface area contributed by atoms with Crippen molar-refractivity contribution in [3.05, 3.63) is 65.2 Å². The van der Waals surface area contributed by atoms with Crippen molar-refractivity contribution in [3.8, 4) is 11.5 Å². The van der Waals surface area contributed by atoms with Crippen LogP contribution in [0.1, 0.15) is 30.0 Å². The number of aliphatic hydroxyl groups excluding tert-OH is 1.